The number of carboxylic acid groups (broad SMARTS) is 1. The third-order valence-electron chi connectivity index (χ3n) is 3.44. The van der Waals surface area contributed by atoms with Crippen molar-refractivity contribution in [3.05, 3.63) is 0 Å². The van der Waals surface area contributed by atoms with E-state index in [-0.39, 0.29) is 31.4 Å². The van der Waals surface area contributed by atoms with Gasteiger partial charge in [-0.05, 0) is 32.1 Å². The minimum absolute atomic E-state index is 0.0794. The van der Waals surface area contributed by atoms with Crippen LogP contribution in [0.2, 0.25) is 0 Å². The van der Waals surface area contributed by atoms with Gasteiger partial charge in [-0.1, -0.05) is 13.8 Å². The number of carboxylic acids is 1. The maximum Gasteiger partial charge on any atom is 0.410 e. The van der Waals surface area contributed by atoms with Crippen molar-refractivity contribution < 1.29 is 44.2 Å². The molecule has 0 rings (SSSR count). The van der Waals surface area contributed by atoms with Crippen LogP contribution in [0, 0.1) is 17.3 Å². The van der Waals surface area contributed by atoms with Crippen LogP contribution in [-0.4, -0.2) is 58.4 Å². The van der Waals surface area contributed by atoms with E-state index >= 15 is 0 Å². The number of hydrogen-bond donors (Lipinski definition) is 4. The van der Waals surface area contributed by atoms with E-state index in [4.69, 9.17) is 25.0 Å². The highest BCUT2D eigenvalue weighted by molar-refractivity contribution is 5.76. The Hall–Kier alpha value is -1.95. The molecule has 4 N–H and O–H groups in total. The number of nitrogens with zero attached hydrogens (tertiary/aromatic N) is 1. The van der Waals surface area contributed by atoms with E-state index in [9.17, 15) is 14.4 Å². The van der Waals surface area contributed by atoms with E-state index < -0.39 is 35.1 Å². The van der Waals surface area contributed by atoms with E-state index in [1.54, 1.807) is 0 Å². The van der Waals surface area contributed by atoms with Crippen LogP contribution in [0.15, 0.2) is 0 Å². The number of rotatable bonds is 12. The summed E-state index contributed by atoms with van der Waals surface area (Å²) in [6.07, 6.45) is -1.51. The summed E-state index contributed by atoms with van der Waals surface area (Å²) >= 11 is 0. The Morgan fingerprint density at radius 1 is 1.11 bits per heavy atom. The lowest BCUT2D eigenvalue weighted by atomic mass is 9.94. The molecule has 11 heteroatoms. The smallest absolute Gasteiger partial charge is 0.410 e. The molecule has 158 valence electrons. The van der Waals surface area contributed by atoms with Gasteiger partial charge in [0, 0.05) is 19.9 Å². The van der Waals surface area contributed by atoms with E-state index in [1.165, 1.54) is 20.8 Å². The molecule has 0 aromatic rings. The van der Waals surface area contributed by atoms with Crippen LogP contribution < -0.4 is 5.32 Å². The number of carbonyl (C=O) groups is 3. The van der Waals surface area contributed by atoms with Gasteiger partial charge in [0.15, 0.2) is 0 Å². The van der Waals surface area contributed by atoms with Gasteiger partial charge in [0.25, 0.3) is 0 Å². The number of hydrogen-bond acceptors (Lipinski definition) is 9. The summed E-state index contributed by atoms with van der Waals surface area (Å²) in [5.41, 5.74) is -1.23. The molecule has 27 heavy (non-hydrogen) atoms. The minimum Gasteiger partial charge on any atom is -0.481 e. The highest BCUT2D eigenvalue weighted by Crippen LogP contribution is 2.19. The quantitative estimate of drug-likeness (QED) is 0.219. The molecule has 0 heterocycles. The van der Waals surface area contributed by atoms with Gasteiger partial charge in [-0.3, -0.25) is 20.0 Å². The molecular formula is C16H30N2O9. The number of nitrogens with one attached hydrogen (secondary N) is 1. The summed E-state index contributed by atoms with van der Waals surface area (Å²) in [6, 6.07) is 0. The maximum atomic E-state index is 12.0. The zero-order valence-electron chi connectivity index (χ0n) is 16.3. The summed E-state index contributed by atoms with van der Waals surface area (Å²) in [4.78, 5) is 39.1. The summed E-state index contributed by atoms with van der Waals surface area (Å²) in [5, 5.41) is 27.9. The fourth-order valence-corrected chi connectivity index (χ4v) is 2.18. The van der Waals surface area contributed by atoms with Crippen molar-refractivity contribution in [3.8, 4) is 0 Å². The molecule has 0 aliphatic carbocycles. The van der Waals surface area contributed by atoms with Crippen LogP contribution in [0.1, 0.15) is 47.5 Å². The average molecular weight is 394 g/mol. The van der Waals surface area contributed by atoms with Crippen molar-refractivity contribution >= 4 is 18.0 Å². The second kappa shape index (κ2) is 11.7. The third-order valence-corrected chi connectivity index (χ3v) is 3.44. The molecule has 0 bridgehead atoms. The molecule has 0 saturated heterocycles. The lowest BCUT2D eigenvalue weighted by molar-refractivity contribution is -0.496. The summed E-state index contributed by atoms with van der Waals surface area (Å²) in [7, 11) is 0. The molecule has 1 amide bonds. The predicted molar refractivity (Wildman–Crippen MR) is 90.4 cm³/mol. The number of aliphatic carboxylic acids is 1. The number of carbonyl (C=O) groups excluding carboxylic acids is 2. The fourth-order valence-electron chi connectivity index (χ4n) is 2.18. The highest BCUT2D eigenvalue weighted by atomic mass is 17.1. The molecule has 0 aromatic carbocycles. The SMILES string of the molecule is CC(C)C[C@H](CNC(=O)OC(C)OC(=O)C(C)(C)CON(O)O)CC(=O)O. The summed E-state index contributed by atoms with van der Waals surface area (Å²) < 4.78 is 9.89. The summed E-state index contributed by atoms with van der Waals surface area (Å²) in [5.74, 6) is -1.71. The van der Waals surface area contributed by atoms with Gasteiger partial charge in [-0.25, -0.2) is 9.63 Å². The average Bonchev–Trinajstić information content (AvgIpc) is 2.49. The van der Waals surface area contributed by atoms with Crippen molar-refractivity contribution in [1.82, 2.24) is 10.7 Å². The number of ether oxygens (including phenoxy) is 2. The minimum atomic E-state index is -1.23. The number of esters is 1. The first kappa shape index (κ1) is 25.1. The van der Waals surface area contributed by atoms with E-state index in [0.29, 0.717) is 6.42 Å². The second-order valence-corrected chi connectivity index (χ2v) is 7.26. The first-order chi connectivity index (χ1) is 12.3. The number of alkyl carbamates (subject to hydrolysis) is 1. The van der Waals surface area contributed by atoms with E-state index in [1.807, 2.05) is 13.8 Å². The molecular weight excluding hydrogens is 364 g/mol. The zero-order chi connectivity index (χ0) is 21.2. The first-order valence-electron chi connectivity index (χ1n) is 8.51. The highest BCUT2D eigenvalue weighted by Gasteiger charge is 2.33. The Bertz CT molecular complexity index is 494. The monoisotopic (exact) mass is 394 g/mol. The molecule has 0 aliphatic rings. The van der Waals surface area contributed by atoms with Gasteiger partial charge in [0.05, 0.1) is 17.4 Å². The first-order valence-corrected chi connectivity index (χ1v) is 8.51. The van der Waals surface area contributed by atoms with Crippen molar-refractivity contribution in [2.75, 3.05) is 13.2 Å². The van der Waals surface area contributed by atoms with Gasteiger partial charge >= 0.3 is 18.0 Å². The van der Waals surface area contributed by atoms with Gasteiger partial charge in [-0.15, -0.1) is 0 Å². The van der Waals surface area contributed by atoms with Crippen molar-refractivity contribution in [2.45, 2.75) is 53.8 Å². The Labute approximate surface area is 158 Å². The second-order valence-electron chi connectivity index (χ2n) is 7.26. The Morgan fingerprint density at radius 2 is 1.70 bits per heavy atom. The van der Waals surface area contributed by atoms with Crippen molar-refractivity contribution in [3.63, 3.8) is 0 Å². The van der Waals surface area contributed by atoms with Crippen molar-refractivity contribution in [1.29, 1.82) is 0 Å². The molecule has 0 aromatic heterocycles. The van der Waals surface area contributed by atoms with Crippen LogP contribution in [0.4, 0.5) is 4.79 Å². The van der Waals surface area contributed by atoms with E-state index in [2.05, 4.69) is 10.2 Å². The largest absolute Gasteiger partial charge is 0.481 e. The van der Waals surface area contributed by atoms with Crippen LogP contribution in [0.25, 0.3) is 0 Å². The molecule has 0 aliphatic heterocycles. The van der Waals surface area contributed by atoms with Crippen molar-refractivity contribution in [2.24, 2.45) is 17.3 Å². The zero-order valence-corrected chi connectivity index (χ0v) is 16.3. The Balaban J connectivity index is 4.43. The van der Waals surface area contributed by atoms with Crippen LogP contribution in [0.3, 0.4) is 0 Å². The molecule has 2 atom stereocenters. The molecule has 0 saturated carbocycles. The molecule has 11 nitrogen and oxygen atoms in total. The predicted octanol–water partition coefficient (Wildman–Crippen LogP) is 1.78. The normalized spacial score (nSPS) is 14.0. The van der Waals surface area contributed by atoms with Gasteiger partial charge in [0.2, 0.25) is 6.29 Å². The number of amides is 1. The van der Waals surface area contributed by atoms with E-state index in [0.717, 1.165) is 0 Å². The van der Waals surface area contributed by atoms with Crippen LogP contribution >= 0.6 is 0 Å². The standard InChI is InChI=1S/C16H30N2O9/c1-10(2)6-12(7-13(19)20)8-17-15(22)27-11(3)26-14(21)16(4,5)9-25-18(23)24/h10-12,23-24H,6-9H2,1-5H3,(H,17,22)(H,19,20)/t11?,12-/m0/s1. The maximum absolute atomic E-state index is 12.0. The molecule has 0 fully saturated rings. The Kier molecular flexibility index (Phi) is 10.9. The molecule has 0 spiro atoms. The summed E-state index contributed by atoms with van der Waals surface area (Å²) in [6.45, 7) is 7.85. The van der Waals surface area contributed by atoms with Gasteiger partial charge < -0.3 is 19.9 Å². The van der Waals surface area contributed by atoms with Gasteiger partial charge in [-0.2, -0.15) is 0 Å². The Morgan fingerprint density at radius 3 is 2.19 bits per heavy atom. The van der Waals surface area contributed by atoms with Crippen LogP contribution in [-0.2, 0) is 23.9 Å². The van der Waals surface area contributed by atoms with Crippen LogP contribution in [0.5, 0.6) is 0 Å². The fraction of sp³-hybridized carbons (Fsp3) is 0.812. The third kappa shape index (κ3) is 12.1. The lowest BCUT2D eigenvalue weighted by Crippen LogP contribution is -2.38. The molecule has 1 unspecified atom stereocenters. The lowest BCUT2D eigenvalue weighted by Gasteiger charge is -2.25. The topological polar surface area (TPSA) is 155 Å². The van der Waals surface area contributed by atoms with Gasteiger partial charge in [0.1, 0.15) is 0 Å². The molecule has 0 radical (unpaired) electrons.